The van der Waals surface area contributed by atoms with Gasteiger partial charge in [-0.1, -0.05) is 12.1 Å². The number of aromatic hydroxyl groups is 1. The molecule has 7 nitrogen and oxygen atoms in total. The number of amides is 1. The molecule has 1 fully saturated rings. The molecule has 0 aliphatic carbocycles. The maximum absolute atomic E-state index is 12.6. The van der Waals surface area contributed by atoms with Crippen molar-refractivity contribution in [1.29, 1.82) is 0 Å². The van der Waals surface area contributed by atoms with Gasteiger partial charge in [-0.25, -0.2) is 9.97 Å². The molecule has 1 aliphatic heterocycles. The Morgan fingerprint density at radius 3 is 2.57 bits per heavy atom. The number of phenolic OH excluding ortho intramolecular Hbond substituents is 1. The standard InChI is InChI=1S/C23H25N5O2/c1-15-16(2)25-21(18-6-5-11-24-14-18)27-22(15)28-12-9-17(10-13-28)23(30)26-19-7-3-4-8-20(19)29/h3-8,11,14,17,29H,9-10,12-13H2,1-2H3,(H,26,30). The van der Waals surface area contributed by atoms with Crippen LogP contribution in [-0.4, -0.2) is 39.1 Å². The Hall–Kier alpha value is -3.48. The Morgan fingerprint density at radius 1 is 1.10 bits per heavy atom. The molecule has 2 N–H and O–H groups in total. The maximum atomic E-state index is 12.6. The molecule has 2 aromatic heterocycles. The van der Waals surface area contributed by atoms with E-state index < -0.39 is 0 Å². The maximum Gasteiger partial charge on any atom is 0.227 e. The Labute approximate surface area is 175 Å². The molecular weight excluding hydrogens is 378 g/mol. The van der Waals surface area contributed by atoms with Gasteiger partial charge in [-0.3, -0.25) is 9.78 Å². The van der Waals surface area contributed by atoms with E-state index in [9.17, 15) is 9.90 Å². The summed E-state index contributed by atoms with van der Waals surface area (Å²) in [6, 6.07) is 10.6. The SMILES string of the molecule is Cc1nc(-c2cccnc2)nc(N2CCC(C(=O)Nc3ccccc3O)CC2)c1C. The van der Waals surface area contributed by atoms with Crippen molar-refractivity contribution in [2.75, 3.05) is 23.3 Å². The highest BCUT2D eigenvalue weighted by Crippen LogP contribution is 2.29. The number of pyridine rings is 1. The van der Waals surface area contributed by atoms with Crippen molar-refractivity contribution in [1.82, 2.24) is 15.0 Å². The number of phenols is 1. The number of anilines is 2. The highest BCUT2D eigenvalue weighted by atomic mass is 16.3. The summed E-state index contributed by atoms with van der Waals surface area (Å²) < 4.78 is 0. The molecule has 1 aliphatic rings. The summed E-state index contributed by atoms with van der Waals surface area (Å²) in [4.78, 5) is 28.5. The number of nitrogens with one attached hydrogen (secondary N) is 1. The Balaban J connectivity index is 1.47. The van der Waals surface area contributed by atoms with Gasteiger partial charge in [0.05, 0.1) is 5.69 Å². The zero-order valence-corrected chi connectivity index (χ0v) is 17.2. The second-order valence-corrected chi connectivity index (χ2v) is 7.59. The number of aryl methyl sites for hydroxylation is 1. The number of aromatic nitrogens is 3. The van der Waals surface area contributed by atoms with Crippen LogP contribution in [0.25, 0.3) is 11.4 Å². The van der Waals surface area contributed by atoms with E-state index in [2.05, 4.69) is 20.2 Å². The number of nitrogens with zero attached hydrogens (tertiary/aromatic N) is 4. The van der Waals surface area contributed by atoms with Crippen molar-refractivity contribution in [3.63, 3.8) is 0 Å². The van der Waals surface area contributed by atoms with Crippen molar-refractivity contribution in [2.45, 2.75) is 26.7 Å². The van der Waals surface area contributed by atoms with Crippen LogP contribution in [-0.2, 0) is 4.79 Å². The Morgan fingerprint density at radius 2 is 1.87 bits per heavy atom. The van der Waals surface area contributed by atoms with E-state index in [0.29, 0.717) is 11.5 Å². The third-order valence-electron chi connectivity index (χ3n) is 5.61. The summed E-state index contributed by atoms with van der Waals surface area (Å²) in [5.41, 5.74) is 3.34. The minimum atomic E-state index is -0.0955. The average molecular weight is 403 g/mol. The van der Waals surface area contributed by atoms with Crippen molar-refractivity contribution in [3.05, 3.63) is 60.0 Å². The molecule has 154 valence electrons. The van der Waals surface area contributed by atoms with E-state index in [4.69, 9.17) is 4.98 Å². The van der Waals surface area contributed by atoms with Crippen LogP contribution < -0.4 is 10.2 Å². The topological polar surface area (TPSA) is 91.2 Å². The van der Waals surface area contributed by atoms with E-state index in [0.717, 1.165) is 48.6 Å². The summed E-state index contributed by atoms with van der Waals surface area (Å²) >= 11 is 0. The van der Waals surface area contributed by atoms with Gasteiger partial charge in [0.25, 0.3) is 0 Å². The molecule has 4 rings (SSSR count). The third kappa shape index (κ3) is 4.10. The number of piperidine rings is 1. The summed E-state index contributed by atoms with van der Waals surface area (Å²) in [5, 5.41) is 12.7. The normalized spacial score (nSPS) is 14.5. The van der Waals surface area contributed by atoms with E-state index in [-0.39, 0.29) is 17.6 Å². The van der Waals surface area contributed by atoms with E-state index >= 15 is 0 Å². The van der Waals surface area contributed by atoms with Crippen molar-refractivity contribution >= 4 is 17.4 Å². The van der Waals surface area contributed by atoms with Crippen LogP contribution in [0.5, 0.6) is 5.75 Å². The average Bonchev–Trinajstić information content (AvgIpc) is 2.78. The van der Waals surface area contributed by atoms with Crippen LogP contribution in [0.3, 0.4) is 0 Å². The van der Waals surface area contributed by atoms with Gasteiger partial charge in [0, 0.05) is 48.2 Å². The molecule has 0 spiro atoms. The van der Waals surface area contributed by atoms with E-state index in [1.54, 1.807) is 36.7 Å². The van der Waals surface area contributed by atoms with Gasteiger partial charge in [-0.15, -0.1) is 0 Å². The summed E-state index contributed by atoms with van der Waals surface area (Å²) in [7, 11) is 0. The van der Waals surface area contributed by atoms with Crippen LogP contribution in [0.15, 0.2) is 48.8 Å². The van der Waals surface area contributed by atoms with E-state index in [1.165, 1.54) is 0 Å². The number of hydrogen-bond acceptors (Lipinski definition) is 6. The predicted molar refractivity (Wildman–Crippen MR) is 116 cm³/mol. The van der Waals surface area contributed by atoms with Gasteiger partial charge in [-0.05, 0) is 51.0 Å². The zero-order valence-electron chi connectivity index (χ0n) is 17.2. The number of para-hydroxylation sites is 2. The molecular formula is C23H25N5O2. The quantitative estimate of drug-likeness (QED) is 0.645. The highest BCUT2D eigenvalue weighted by molar-refractivity contribution is 5.94. The first-order valence-electron chi connectivity index (χ1n) is 10.1. The molecule has 30 heavy (non-hydrogen) atoms. The fraction of sp³-hybridized carbons (Fsp3) is 0.304. The molecule has 1 aromatic carbocycles. The molecule has 0 atom stereocenters. The molecule has 3 aromatic rings. The van der Waals surface area contributed by atoms with E-state index in [1.807, 2.05) is 26.0 Å². The van der Waals surface area contributed by atoms with Crippen LogP contribution in [0, 0.1) is 19.8 Å². The van der Waals surface area contributed by atoms with Crippen LogP contribution >= 0.6 is 0 Å². The molecule has 0 unspecified atom stereocenters. The summed E-state index contributed by atoms with van der Waals surface area (Å²) in [6.45, 7) is 5.51. The van der Waals surface area contributed by atoms with Crippen molar-refractivity contribution in [3.8, 4) is 17.1 Å². The number of carbonyl (C=O) groups is 1. The number of hydrogen-bond donors (Lipinski definition) is 2. The molecule has 3 heterocycles. The number of rotatable bonds is 4. The van der Waals surface area contributed by atoms with Crippen LogP contribution in [0.1, 0.15) is 24.1 Å². The molecule has 1 amide bonds. The molecule has 0 bridgehead atoms. The molecule has 0 radical (unpaired) electrons. The number of carbonyl (C=O) groups excluding carboxylic acids is 1. The smallest absolute Gasteiger partial charge is 0.227 e. The summed E-state index contributed by atoms with van der Waals surface area (Å²) in [6.07, 6.45) is 4.95. The second-order valence-electron chi connectivity index (χ2n) is 7.59. The predicted octanol–water partition coefficient (Wildman–Crippen LogP) is 3.72. The second kappa shape index (κ2) is 8.49. The van der Waals surface area contributed by atoms with Crippen molar-refractivity contribution < 1.29 is 9.90 Å². The van der Waals surface area contributed by atoms with Gasteiger partial charge in [-0.2, -0.15) is 0 Å². The van der Waals surface area contributed by atoms with Crippen LogP contribution in [0.4, 0.5) is 11.5 Å². The highest BCUT2D eigenvalue weighted by Gasteiger charge is 2.27. The van der Waals surface area contributed by atoms with Gasteiger partial charge < -0.3 is 15.3 Å². The first-order valence-corrected chi connectivity index (χ1v) is 10.1. The van der Waals surface area contributed by atoms with Gasteiger partial charge in [0.1, 0.15) is 11.6 Å². The molecule has 7 heteroatoms. The summed E-state index contributed by atoms with van der Waals surface area (Å²) in [5.74, 6) is 1.52. The minimum absolute atomic E-state index is 0.0530. The fourth-order valence-electron chi connectivity index (χ4n) is 3.71. The number of benzene rings is 1. The Kier molecular flexibility index (Phi) is 5.61. The minimum Gasteiger partial charge on any atom is -0.506 e. The Bertz CT molecular complexity index is 1050. The lowest BCUT2D eigenvalue weighted by Gasteiger charge is -2.33. The van der Waals surface area contributed by atoms with Gasteiger partial charge >= 0.3 is 0 Å². The van der Waals surface area contributed by atoms with Gasteiger partial charge in [0.2, 0.25) is 5.91 Å². The largest absolute Gasteiger partial charge is 0.506 e. The zero-order chi connectivity index (χ0) is 21.1. The lowest BCUT2D eigenvalue weighted by molar-refractivity contribution is -0.120. The first kappa shape index (κ1) is 19.8. The lowest BCUT2D eigenvalue weighted by Crippen LogP contribution is -2.39. The third-order valence-corrected chi connectivity index (χ3v) is 5.61. The molecule has 0 saturated carbocycles. The lowest BCUT2D eigenvalue weighted by atomic mass is 9.95. The van der Waals surface area contributed by atoms with Crippen LogP contribution in [0.2, 0.25) is 0 Å². The van der Waals surface area contributed by atoms with Gasteiger partial charge in [0.15, 0.2) is 5.82 Å². The molecule has 1 saturated heterocycles. The first-order chi connectivity index (χ1) is 14.5. The van der Waals surface area contributed by atoms with Crippen molar-refractivity contribution in [2.24, 2.45) is 5.92 Å². The fourth-order valence-corrected chi connectivity index (χ4v) is 3.71. The monoisotopic (exact) mass is 403 g/mol.